The molecule has 14 heteroatoms. The maximum Gasteiger partial charge on any atom is 0.326 e. The molecule has 0 spiro atoms. The lowest BCUT2D eigenvalue weighted by molar-refractivity contribution is -0.148. The number of likely N-dealkylation sites (tertiary alicyclic amines) is 1. The van der Waals surface area contributed by atoms with E-state index >= 15 is 0 Å². The number of amides is 1. The van der Waals surface area contributed by atoms with E-state index in [1.807, 2.05) is 0 Å². The molecule has 3 heterocycles. The Morgan fingerprint density at radius 2 is 2.11 bits per heavy atom. The van der Waals surface area contributed by atoms with Crippen molar-refractivity contribution in [3.8, 4) is 5.75 Å². The molecule has 12 nitrogen and oxygen atoms in total. The number of carboxylic acid groups (broad SMARTS) is 1. The highest BCUT2D eigenvalue weighted by atomic mass is 35.5. The van der Waals surface area contributed by atoms with Crippen molar-refractivity contribution in [3.05, 3.63) is 47.2 Å². The number of hydrogen-bond donors (Lipinski definition) is 2. The molecule has 1 aromatic carbocycles. The summed E-state index contributed by atoms with van der Waals surface area (Å²) < 4.78 is 30.8. The number of carboxylic acids is 1. The molecule has 1 amide bonds. The molecule has 3 atom stereocenters. The van der Waals surface area contributed by atoms with Gasteiger partial charge in [-0.1, -0.05) is 11.6 Å². The standard InChI is InChI=1S/C24H27ClN6O6S/c1-29(2)22-17(25)10-15(12-28-22)31(38(35)36)18-5-7-30(23(18)32)19(24(33)34)9-14-8-13-4-6-27-21(26)16(13)11-20(14)37-3/h4,6,8,10-12,18-19H,5,7,9H2,1-3H3,(H2,26,27)(H,33,34)(H,35,36)/p-1/t18-,19+/m0/s1. The van der Waals surface area contributed by atoms with Crippen LogP contribution in [0.2, 0.25) is 5.02 Å². The third-order valence-electron chi connectivity index (χ3n) is 6.41. The number of rotatable bonds is 9. The number of carbonyl (C=O) groups excluding carboxylic acids is 1. The monoisotopic (exact) mass is 561 g/mol. The van der Waals surface area contributed by atoms with Gasteiger partial charge in [0.15, 0.2) is 0 Å². The average molecular weight is 562 g/mol. The molecule has 0 bridgehead atoms. The lowest BCUT2D eigenvalue weighted by Crippen LogP contribution is -2.48. The zero-order valence-corrected chi connectivity index (χ0v) is 22.4. The first-order chi connectivity index (χ1) is 18.0. The number of aromatic nitrogens is 2. The first-order valence-electron chi connectivity index (χ1n) is 11.5. The second-order valence-corrected chi connectivity index (χ2v) is 10.1. The van der Waals surface area contributed by atoms with Crippen molar-refractivity contribution in [2.24, 2.45) is 0 Å². The smallest absolute Gasteiger partial charge is 0.326 e. The number of fused-ring (bicyclic) bond motifs is 1. The summed E-state index contributed by atoms with van der Waals surface area (Å²) in [6, 6.07) is 4.16. The first kappa shape index (κ1) is 27.4. The molecule has 38 heavy (non-hydrogen) atoms. The summed E-state index contributed by atoms with van der Waals surface area (Å²) in [6.45, 7) is 0.0396. The maximum atomic E-state index is 13.5. The summed E-state index contributed by atoms with van der Waals surface area (Å²) in [5.74, 6) is -0.735. The minimum atomic E-state index is -2.85. The highest BCUT2D eigenvalue weighted by molar-refractivity contribution is 7.80. The van der Waals surface area contributed by atoms with Gasteiger partial charge in [0.1, 0.15) is 29.5 Å². The molecule has 1 aliphatic heterocycles. The normalized spacial score (nSPS) is 16.9. The van der Waals surface area contributed by atoms with Gasteiger partial charge in [-0.05, 0) is 41.6 Å². The van der Waals surface area contributed by atoms with Crippen LogP contribution < -0.4 is 19.7 Å². The predicted molar refractivity (Wildman–Crippen MR) is 143 cm³/mol. The summed E-state index contributed by atoms with van der Waals surface area (Å²) in [4.78, 5) is 36.9. The van der Waals surface area contributed by atoms with E-state index in [0.717, 1.165) is 9.69 Å². The van der Waals surface area contributed by atoms with E-state index in [1.165, 1.54) is 24.3 Å². The predicted octanol–water partition coefficient (Wildman–Crippen LogP) is 1.84. The second-order valence-electron chi connectivity index (χ2n) is 8.91. The van der Waals surface area contributed by atoms with Gasteiger partial charge in [0.2, 0.25) is 5.91 Å². The molecule has 1 fully saturated rings. The van der Waals surface area contributed by atoms with Crippen molar-refractivity contribution in [1.82, 2.24) is 14.9 Å². The van der Waals surface area contributed by atoms with E-state index in [1.54, 1.807) is 43.4 Å². The maximum absolute atomic E-state index is 13.5. The van der Waals surface area contributed by atoms with Crippen molar-refractivity contribution in [3.63, 3.8) is 0 Å². The summed E-state index contributed by atoms with van der Waals surface area (Å²) in [7, 11) is 4.92. The van der Waals surface area contributed by atoms with E-state index < -0.39 is 35.2 Å². The zero-order valence-electron chi connectivity index (χ0n) is 20.8. The second kappa shape index (κ2) is 11.0. The number of benzene rings is 1. The lowest BCUT2D eigenvalue weighted by atomic mass is 10.00. The number of carbonyl (C=O) groups is 2. The minimum absolute atomic E-state index is 0.0396. The quantitative estimate of drug-likeness (QED) is 0.368. The lowest BCUT2D eigenvalue weighted by Gasteiger charge is -2.32. The fourth-order valence-electron chi connectivity index (χ4n) is 4.61. The Hall–Kier alpha value is -3.68. The van der Waals surface area contributed by atoms with E-state index in [2.05, 4.69) is 9.97 Å². The number of pyridine rings is 2. The van der Waals surface area contributed by atoms with Crippen LogP contribution in [0.3, 0.4) is 0 Å². The summed E-state index contributed by atoms with van der Waals surface area (Å²) in [6.07, 6.45) is 2.87. The molecular weight excluding hydrogens is 536 g/mol. The van der Waals surface area contributed by atoms with Crippen molar-refractivity contribution in [2.75, 3.05) is 42.7 Å². The molecule has 0 saturated carbocycles. The third kappa shape index (κ3) is 5.17. The molecule has 0 aliphatic carbocycles. The van der Waals surface area contributed by atoms with E-state index in [9.17, 15) is 23.5 Å². The molecule has 1 unspecified atom stereocenters. The van der Waals surface area contributed by atoms with Crippen LogP contribution >= 0.6 is 11.6 Å². The number of nitrogens with two attached hydrogens (primary N) is 1. The SMILES string of the molecule is COc1cc2c(N)nccc2cc1C[C@H](C(=O)O)N1CC[C@H](N(c2cnc(N(C)C)c(Cl)c2)S(=O)[O-])C1=O. The highest BCUT2D eigenvalue weighted by Crippen LogP contribution is 2.33. The highest BCUT2D eigenvalue weighted by Gasteiger charge is 2.43. The number of nitrogens with zero attached hydrogens (tertiary/aromatic N) is 5. The number of methoxy groups -OCH3 is 1. The Bertz CT molecular complexity index is 1420. The van der Waals surface area contributed by atoms with Crippen LogP contribution in [-0.2, 0) is 27.3 Å². The van der Waals surface area contributed by atoms with Crippen LogP contribution in [0.5, 0.6) is 5.75 Å². The summed E-state index contributed by atoms with van der Waals surface area (Å²) in [5.41, 5.74) is 6.61. The van der Waals surface area contributed by atoms with Crippen LogP contribution in [0, 0.1) is 0 Å². The molecule has 0 radical (unpaired) electrons. The van der Waals surface area contributed by atoms with E-state index in [4.69, 9.17) is 22.1 Å². The van der Waals surface area contributed by atoms with Gasteiger partial charge >= 0.3 is 5.97 Å². The fraction of sp³-hybridized carbons (Fsp3) is 0.333. The third-order valence-corrected chi connectivity index (χ3v) is 7.48. The van der Waals surface area contributed by atoms with Crippen LogP contribution in [0.1, 0.15) is 12.0 Å². The van der Waals surface area contributed by atoms with Gasteiger partial charge in [0.25, 0.3) is 0 Å². The van der Waals surface area contributed by atoms with Crippen LogP contribution in [0.25, 0.3) is 10.8 Å². The van der Waals surface area contributed by atoms with Gasteiger partial charge in [0, 0.05) is 49.9 Å². The molecule has 2 aromatic heterocycles. The number of hydrogen-bond acceptors (Lipinski definition) is 9. The van der Waals surface area contributed by atoms with Gasteiger partial charge in [-0.2, -0.15) is 0 Å². The summed E-state index contributed by atoms with van der Waals surface area (Å²) >= 11 is 3.43. The molecule has 3 aromatic rings. The van der Waals surface area contributed by atoms with Crippen molar-refractivity contribution < 1.29 is 28.2 Å². The van der Waals surface area contributed by atoms with Crippen molar-refractivity contribution >= 4 is 62.8 Å². The average Bonchev–Trinajstić information content (AvgIpc) is 3.22. The molecule has 1 saturated heterocycles. The van der Waals surface area contributed by atoms with Crippen molar-refractivity contribution in [2.45, 2.75) is 24.9 Å². The minimum Gasteiger partial charge on any atom is -0.755 e. The van der Waals surface area contributed by atoms with Crippen LogP contribution in [0.15, 0.2) is 36.7 Å². The van der Waals surface area contributed by atoms with Gasteiger partial charge in [-0.3, -0.25) is 13.3 Å². The fourth-order valence-corrected chi connectivity index (χ4v) is 5.62. The number of nitrogen functional groups attached to an aromatic ring is 1. The topological polar surface area (TPSA) is 165 Å². The Labute approximate surface area is 226 Å². The van der Waals surface area contributed by atoms with E-state index in [-0.39, 0.29) is 30.1 Å². The molecule has 3 N–H and O–H groups in total. The van der Waals surface area contributed by atoms with Crippen LogP contribution in [-0.4, -0.2) is 80.4 Å². The number of halogens is 1. The Kier molecular flexibility index (Phi) is 7.90. The van der Waals surface area contributed by atoms with Gasteiger partial charge in [-0.25, -0.2) is 14.8 Å². The number of ether oxygens (including phenoxy) is 1. The van der Waals surface area contributed by atoms with Gasteiger partial charge in [-0.15, -0.1) is 0 Å². The van der Waals surface area contributed by atoms with Gasteiger partial charge < -0.3 is 29.9 Å². The largest absolute Gasteiger partial charge is 0.755 e. The van der Waals surface area contributed by atoms with Crippen LogP contribution in [0.4, 0.5) is 17.3 Å². The van der Waals surface area contributed by atoms with E-state index in [0.29, 0.717) is 28.3 Å². The summed E-state index contributed by atoms with van der Waals surface area (Å²) in [5, 5.41) is 11.7. The van der Waals surface area contributed by atoms with Crippen molar-refractivity contribution in [1.29, 1.82) is 0 Å². The Morgan fingerprint density at radius 1 is 1.37 bits per heavy atom. The Balaban J connectivity index is 1.64. The number of anilines is 3. The Morgan fingerprint density at radius 3 is 2.71 bits per heavy atom. The van der Waals surface area contributed by atoms with Gasteiger partial charge in [0.05, 0.1) is 24.0 Å². The number of aliphatic carboxylic acids is 1. The molecule has 4 rings (SSSR count). The molecular formula is C24H26ClN6O6S-. The first-order valence-corrected chi connectivity index (χ1v) is 12.9. The molecule has 1 aliphatic rings. The zero-order chi connectivity index (χ0) is 27.7. The molecule has 202 valence electrons.